The predicted octanol–water partition coefficient (Wildman–Crippen LogP) is 5.13. The lowest BCUT2D eigenvalue weighted by atomic mass is 10.2. The van der Waals surface area contributed by atoms with Crippen molar-refractivity contribution in [3.8, 4) is 0 Å². The average molecular weight is 427 g/mol. The summed E-state index contributed by atoms with van der Waals surface area (Å²) >= 11 is 17.7. The Kier molecular flexibility index (Phi) is 6.74. The Morgan fingerprint density at radius 2 is 1.88 bits per heavy atom. The minimum absolute atomic E-state index is 0.0437. The van der Waals surface area contributed by atoms with Gasteiger partial charge in [0.2, 0.25) is 5.91 Å². The van der Waals surface area contributed by atoms with Crippen LogP contribution in [0.25, 0.3) is 0 Å². The summed E-state index contributed by atoms with van der Waals surface area (Å²) in [4.78, 5) is 17.3. The number of aromatic nitrogens is 1. The SMILES string of the molecule is CN(CC(=O)Nc1ncc(C(F)(F)F)cc1Cl)Cc1ccc(Cl)cc1Cl. The van der Waals surface area contributed by atoms with E-state index in [1.54, 1.807) is 30.1 Å². The van der Waals surface area contributed by atoms with Gasteiger partial charge in [-0.2, -0.15) is 13.2 Å². The number of likely N-dealkylation sites (N-methyl/N-ethyl adjacent to an activating group) is 1. The fourth-order valence-electron chi connectivity index (χ4n) is 2.10. The number of anilines is 1. The van der Waals surface area contributed by atoms with Crippen molar-refractivity contribution in [1.82, 2.24) is 9.88 Å². The number of hydrogen-bond acceptors (Lipinski definition) is 3. The summed E-state index contributed by atoms with van der Waals surface area (Å²) in [5.74, 6) is -0.616. The fourth-order valence-corrected chi connectivity index (χ4v) is 2.78. The van der Waals surface area contributed by atoms with Crippen molar-refractivity contribution in [2.75, 3.05) is 18.9 Å². The van der Waals surface area contributed by atoms with E-state index in [0.717, 1.165) is 5.56 Å². The summed E-state index contributed by atoms with van der Waals surface area (Å²) in [5, 5.41) is 3.06. The second kappa shape index (κ2) is 8.43. The molecular weight excluding hydrogens is 414 g/mol. The van der Waals surface area contributed by atoms with Crippen LogP contribution in [0.5, 0.6) is 0 Å². The third-order valence-electron chi connectivity index (χ3n) is 3.30. The van der Waals surface area contributed by atoms with Crippen LogP contribution in [0, 0.1) is 0 Å². The molecule has 1 N–H and O–H groups in total. The van der Waals surface area contributed by atoms with E-state index in [1.165, 1.54) is 0 Å². The monoisotopic (exact) mass is 425 g/mol. The van der Waals surface area contributed by atoms with Crippen molar-refractivity contribution >= 4 is 46.5 Å². The zero-order chi connectivity index (χ0) is 19.5. The molecule has 1 aromatic heterocycles. The van der Waals surface area contributed by atoms with E-state index in [-0.39, 0.29) is 17.4 Å². The van der Waals surface area contributed by atoms with Gasteiger partial charge in [-0.25, -0.2) is 4.98 Å². The highest BCUT2D eigenvalue weighted by Crippen LogP contribution is 2.32. The maximum atomic E-state index is 12.6. The summed E-state index contributed by atoms with van der Waals surface area (Å²) < 4.78 is 37.8. The van der Waals surface area contributed by atoms with E-state index in [4.69, 9.17) is 34.8 Å². The molecule has 0 saturated carbocycles. The molecule has 0 radical (unpaired) electrons. The minimum Gasteiger partial charge on any atom is -0.308 e. The van der Waals surface area contributed by atoms with Crippen molar-refractivity contribution in [3.05, 3.63) is 56.7 Å². The van der Waals surface area contributed by atoms with Crippen LogP contribution in [0.3, 0.4) is 0 Å². The number of pyridine rings is 1. The molecule has 1 heterocycles. The maximum Gasteiger partial charge on any atom is 0.417 e. The third-order valence-corrected chi connectivity index (χ3v) is 4.17. The molecule has 0 spiro atoms. The number of nitrogens with zero attached hydrogens (tertiary/aromatic N) is 2. The topological polar surface area (TPSA) is 45.2 Å². The number of benzene rings is 1. The van der Waals surface area contributed by atoms with Crippen LogP contribution in [0.15, 0.2) is 30.5 Å². The van der Waals surface area contributed by atoms with Gasteiger partial charge in [0.05, 0.1) is 17.1 Å². The molecule has 1 aromatic carbocycles. The molecule has 0 aliphatic rings. The first-order chi connectivity index (χ1) is 12.1. The zero-order valence-electron chi connectivity index (χ0n) is 13.4. The Morgan fingerprint density at radius 1 is 1.19 bits per heavy atom. The van der Waals surface area contributed by atoms with Gasteiger partial charge in [-0.1, -0.05) is 40.9 Å². The Bertz CT molecular complexity index is 815. The number of halogens is 6. The highest BCUT2D eigenvalue weighted by atomic mass is 35.5. The molecule has 26 heavy (non-hydrogen) atoms. The summed E-state index contributed by atoms with van der Waals surface area (Å²) in [6.07, 6.45) is -3.95. The summed E-state index contributed by atoms with van der Waals surface area (Å²) in [5.41, 5.74) is -0.216. The second-order valence-electron chi connectivity index (χ2n) is 5.51. The molecule has 0 atom stereocenters. The quantitative estimate of drug-likeness (QED) is 0.721. The molecular formula is C16H13Cl3F3N3O. The van der Waals surface area contributed by atoms with E-state index in [1.807, 2.05) is 0 Å². The van der Waals surface area contributed by atoms with E-state index < -0.39 is 17.6 Å². The van der Waals surface area contributed by atoms with Gasteiger partial charge in [0.25, 0.3) is 0 Å². The van der Waals surface area contributed by atoms with Gasteiger partial charge in [-0.05, 0) is 30.8 Å². The number of rotatable bonds is 5. The van der Waals surface area contributed by atoms with Gasteiger partial charge in [-0.15, -0.1) is 0 Å². The molecule has 0 saturated heterocycles. The standard InChI is InChI=1S/C16H13Cl3F3N3O/c1-25(7-9-2-3-11(17)5-12(9)18)8-14(26)24-15-13(19)4-10(6-23-15)16(20,21)22/h2-6H,7-8H2,1H3,(H,23,24,26). The molecule has 0 aliphatic carbocycles. The smallest absolute Gasteiger partial charge is 0.308 e. The number of carbonyl (C=O) groups is 1. The number of amides is 1. The summed E-state index contributed by atoms with van der Waals surface area (Å²) in [7, 11) is 1.69. The van der Waals surface area contributed by atoms with Gasteiger partial charge in [-0.3, -0.25) is 9.69 Å². The lowest BCUT2D eigenvalue weighted by Crippen LogP contribution is -2.30. The van der Waals surface area contributed by atoms with E-state index in [0.29, 0.717) is 28.9 Å². The number of alkyl halides is 3. The van der Waals surface area contributed by atoms with Crippen LogP contribution in [0.1, 0.15) is 11.1 Å². The maximum absolute atomic E-state index is 12.6. The van der Waals surface area contributed by atoms with Crippen molar-refractivity contribution in [1.29, 1.82) is 0 Å². The second-order valence-corrected chi connectivity index (χ2v) is 6.76. The molecule has 10 heteroatoms. The van der Waals surface area contributed by atoms with Crippen molar-refractivity contribution in [2.24, 2.45) is 0 Å². The number of carbonyl (C=O) groups excluding carboxylic acids is 1. The summed E-state index contributed by atoms with van der Waals surface area (Å²) in [6.45, 7) is 0.329. The lowest BCUT2D eigenvalue weighted by molar-refractivity contribution is -0.137. The fraction of sp³-hybridized carbons (Fsp3) is 0.250. The highest BCUT2D eigenvalue weighted by Gasteiger charge is 2.31. The normalized spacial score (nSPS) is 11.7. The first-order valence-corrected chi connectivity index (χ1v) is 8.34. The molecule has 2 aromatic rings. The Labute approximate surface area is 162 Å². The molecule has 0 unspecified atom stereocenters. The molecule has 0 aliphatic heterocycles. The first-order valence-electron chi connectivity index (χ1n) is 7.21. The van der Waals surface area contributed by atoms with E-state index in [9.17, 15) is 18.0 Å². The van der Waals surface area contributed by atoms with Crippen molar-refractivity contribution < 1.29 is 18.0 Å². The van der Waals surface area contributed by atoms with Gasteiger partial charge >= 0.3 is 6.18 Å². The number of hydrogen-bond donors (Lipinski definition) is 1. The van der Waals surface area contributed by atoms with Gasteiger partial charge < -0.3 is 5.32 Å². The van der Waals surface area contributed by atoms with Crippen LogP contribution >= 0.6 is 34.8 Å². The van der Waals surface area contributed by atoms with Gasteiger partial charge in [0, 0.05) is 22.8 Å². The molecule has 0 bridgehead atoms. The highest BCUT2D eigenvalue weighted by molar-refractivity contribution is 6.35. The number of nitrogens with one attached hydrogen (secondary N) is 1. The Morgan fingerprint density at radius 3 is 2.46 bits per heavy atom. The molecule has 4 nitrogen and oxygen atoms in total. The Balaban J connectivity index is 1.97. The minimum atomic E-state index is -4.56. The molecule has 140 valence electrons. The van der Waals surface area contributed by atoms with Gasteiger partial charge in [0.1, 0.15) is 0 Å². The zero-order valence-corrected chi connectivity index (χ0v) is 15.6. The summed E-state index contributed by atoms with van der Waals surface area (Å²) in [6, 6.07) is 5.73. The third kappa shape index (κ3) is 5.74. The van der Waals surface area contributed by atoms with Crippen molar-refractivity contribution in [2.45, 2.75) is 12.7 Å². The van der Waals surface area contributed by atoms with Crippen LogP contribution in [-0.4, -0.2) is 29.4 Å². The van der Waals surface area contributed by atoms with E-state index in [2.05, 4.69) is 10.3 Å². The van der Waals surface area contributed by atoms with Crippen LogP contribution in [0.4, 0.5) is 19.0 Å². The molecule has 2 rings (SSSR count). The Hall–Kier alpha value is -1.54. The molecule has 1 amide bonds. The van der Waals surface area contributed by atoms with Crippen LogP contribution in [0.2, 0.25) is 15.1 Å². The van der Waals surface area contributed by atoms with Crippen molar-refractivity contribution in [3.63, 3.8) is 0 Å². The van der Waals surface area contributed by atoms with E-state index >= 15 is 0 Å². The average Bonchev–Trinajstić information content (AvgIpc) is 2.51. The predicted molar refractivity (Wildman–Crippen MR) is 95.7 cm³/mol. The largest absolute Gasteiger partial charge is 0.417 e. The molecule has 0 fully saturated rings. The van der Waals surface area contributed by atoms with Crippen LogP contribution < -0.4 is 5.32 Å². The van der Waals surface area contributed by atoms with Crippen LogP contribution in [-0.2, 0) is 17.5 Å². The first kappa shape index (κ1) is 20.8. The van der Waals surface area contributed by atoms with Gasteiger partial charge in [0.15, 0.2) is 5.82 Å². The lowest BCUT2D eigenvalue weighted by Gasteiger charge is -2.17.